The van der Waals surface area contributed by atoms with Gasteiger partial charge >= 0.3 is 0 Å². The Labute approximate surface area is 124 Å². The van der Waals surface area contributed by atoms with Crippen molar-refractivity contribution in [3.05, 3.63) is 24.2 Å². The predicted octanol–water partition coefficient (Wildman–Crippen LogP) is 1.74. The van der Waals surface area contributed by atoms with E-state index in [0.717, 1.165) is 17.0 Å². The van der Waals surface area contributed by atoms with Crippen molar-refractivity contribution in [3.63, 3.8) is 0 Å². The molecule has 2 aromatic rings. The minimum Gasteiger partial charge on any atom is -0.383 e. The van der Waals surface area contributed by atoms with Gasteiger partial charge in [0.15, 0.2) is 5.65 Å². The lowest BCUT2D eigenvalue weighted by Crippen LogP contribution is -2.26. The van der Waals surface area contributed by atoms with E-state index >= 15 is 0 Å². The van der Waals surface area contributed by atoms with E-state index in [1.807, 2.05) is 30.5 Å². The number of pyridine rings is 1. The van der Waals surface area contributed by atoms with Gasteiger partial charge in [0.2, 0.25) is 5.91 Å². The number of methoxy groups -OCH3 is 1. The molecule has 21 heavy (non-hydrogen) atoms. The van der Waals surface area contributed by atoms with E-state index in [1.165, 1.54) is 0 Å². The molecule has 0 bridgehead atoms. The predicted molar refractivity (Wildman–Crippen MR) is 80.7 cm³/mol. The molecular formula is C15H22N4O2. The molecule has 0 radical (unpaired) electrons. The first-order valence-corrected chi connectivity index (χ1v) is 7.17. The highest BCUT2D eigenvalue weighted by Crippen LogP contribution is 2.13. The minimum absolute atomic E-state index is 0.0447. The number of carbonyl (C=O) groups excluding carboxylic acids is 1. The van der Waals surface area contributed by atoms with Crippen LogP contribution in [0.2, 0.25) is 0 Å². The molecule has 2 heterocycles. The van der Waals surface area contributed by atoms with Crippen molar-refractivity contribution in [2.45, 2.75) is 33.4 Å². The quantitative estimate of drug-likeness (QED) is 0.843. The van der Waals surface area contributed by atoms with Crippen LogP contribution in [0, 0.1) is 5.92 Å². The van der Waals surface area contributed by atoms with E-state index in [4.69, 9.17) is 4.74 Å². The zero-order chi connectivity index (χ0) is 15.2. The van der Waals surface area contributed by atoms with Crippen LogP contribution in [0.25, 0.3) is 11.2 Å². The van der Waals surface area contributed by atoms with Crippen molar-refractivity contribution in [2.24, 2.45) is 5.92 Å². The summed E-state index contributed by atoms with van der Waals surface area (Å²) in [5.41, 5.74) is 1.66. The number of fused-ring (bicyclic) bond motifs is 1. The molecule has 0 saturated carbocycles. The number of carbonyl (C=O) groups is 1. The normalized spacial score (nSPS) is 11.2. The third-order valence-electron chi connectivity index (χ3n) is 3.14. The van der Waals surface area contributed by atoms with Crippen LogP contribution in [0.15, 0.2) is 18.3 Å². The molecule has 0 unspecified atom stereocenters. The van der Waals surface area contributed by atoms with Crippen LogP contribution >= 0.6 is 0 Å². The number of hydrogen-bond acceptors (Lipinski definition) is 4. The fourth-order valence-corrected chi connectivity index (χ4v) is 2.18. The van der Waals surface area contributed by atoms with Gasteiger partial charge in [-0.05, 0) is 18.1 Å². The molecule has 2 rings (SSSR count). The van der Waals surface area contributed by atoms with Crippen molar-refractivity contribution >= 4 is 17.1 Å². The van der Waals surface area contributed by atoms with E-state index < -0.39 is 0 Å². The number of nitrogens with zero attached hydrogens (tertiary/aromatic N) is 3. The first-order chi connectivity index (χ1) is 10.1. The second kappa shape index (κ2) is 7.17. The molecule has 6 nitrogen and oxygen atoms in total. The number of amides is 1. The highest BCUT2D eigenvalue weighted by molar-refractivity contribution is 5.76. The molecule has 0 spiro atoms. The molecular weight excluding hydrogens is 268 g/mol. The van der Waals surface area contributed by atoms with E-state index in [1.54, 1.807) is 13.3 Å². The third kappa shape index (κ3) is 4.01. The van der Waals surface area contributed by atoms with Crippen LogP contribution in [-0.2, 0) is 22.6 Å². The van der Waals surface area contributed by atoms with E-state index in [-0.39, 0.29) is 5.91 Å². The summed E-state index contributed by atoms with van der Waals surface area (Å²) in [7, 11) is 1.66. The monoisotopic (exact) mass is 290 g/mol. The molecule has 0 fully saturated rings. The van der Waals surface area contributed by atoms with Gasteiger partial charge in [-0.1, -0.05) is 13.8 Å². The Morgan fingerprint density at radius 1 is 1.48 bits per heavy atom. The maximum absolute atomic E-state index is 11.8. The van der Waals surface area contributed by atoms with Gasteiger partial charge in [0.25, 0.3) is 0 Å². The molecule has 1 N–H and O–H groups in total. The first kappa shape index (κ1) is 15.4. The topological polar surface area (TPSA) is 69.0 Å². The molecule has 1 amide bonds. The molecule has 0 aliphatic heterocycles. The highest BCUT2D eigenvalue weighted by Gasteiger charge is 2.12. The standard InChI is InChI=1S/C15H22N4O2/c1-11(2)9-14(20)17-10-13-18-12-5-4-6-16-15(12)19(13)7-8-21-3/h4-6,11H,7-10H2,1-3H3,(H,17,20). The summed E-state index contributed by atoms with van der Waals surface area (Å²) in [6, 6.07) is 3.78. The maximum atomic E-state index is 11.8. The number of aromatic nitrogens is 3. The van der Waals surface area contributed by atoms with Crippen LogP contribution in [0.4, 0.5) is 0 Å². The molecule has 6 heteroatoms. The van der Waals surface area contributed by atoms with Crippen molar-refractivity contribution in [1.82, 2.24) is 19.9 Å². The van der Waals surface area contributed by atoms with Gasteiger partial charge in [0.1, 0.15) is 11.3 Å². The molecule has 2 aromatic heterocycles. The average molecular weight is 290 g/mol. The smallest absolute Gasteiger partial charge is 0.220 e. The molecule has 0 saturated heterocycles. The number of rotatable bonds is 7. The van der Waals surface area contributed by atoms with Crippen LogP contribution in [-0.4, -0.2) is 34.2 Å². The lowest BCUT2D eigenvalue weighted by molar-refractivity contribution is -0.122. The SMILES string of the molecule is COCCn1c(CNC(=O)CC(C)C)nc2cccnc21. The van der Waals surface area contributed by atoms with E-state index in [9.17, 15) is 4.79 Å². The second-order valence-corrected chi connectivity index (χ2v) is 5.39. The fourth-order valence-electron chi connectivity index (χ4n) is 2.18. The number of ether oxygens (including phenoxy) is 1. The zero-order valence-corrected chi connectivity index (χ0v) is 12.8. The Kier molecular flexibility index (Phi) is 5.27. The molecule has 0 aliphatic carbocycles. The Bertz CT molecular complexity index is 607. The molecule has 0 atom stereocenters. The van der Waals surface area contributed by atoms with Gasteiger partial charge in [0, 0.05) is 26.3 Å². The third-order valence-corrected chi connectivity index (χ3v) is 3.14. The Balaban J connectivity index is 2.15. The lowest BCUT2D eigenvalue weighted by atomic mass is 10.1. The van der Waals surface area contributed by atoms with Gasteiger partial charge in [-0.3, -0.25) is 4.79 Å². The fraction of sp³-hybridized carbons (Fsp3) is 0.533. The number of imidazole rings is 1. The van der Waals surface area contributed by atoms with Crippen molar-refractivity contribution in [1.29, 1.82) is 0 Å². The van der Waals surface area contributed by atoms with Gasteiger partial charge in [0.05, 0.1) is 13.2 Å². The summed E-state index contributed by atoms with van der Waals surface area (Å²) in [6.07, 6.45) is 2.27. The first-order valence-electron chi connectivity index (χ1n) is 7.17. The minimum atomic E-state index is 0.0447. The summed E-state index contributed by atoms with van der Waals surface area (Å²) >= 11 is 0. The van der Waals surface area contributed by atoms with Crippen LogP contribution in [0.1, 0.15) is 26.1 Å². The maximum Gasteiger partial charge on any atom is 0.220 e. The Hall–Kier alpha value is -1.95. The zero-order valence-electron chi connectivity index (χ0n) is 12.8. The average Bonchev–Trinajstić information content (AvgIpc) is 2.80. The van der Waals surface area contributed by atoms with Crippen LogP contribution < -0.4 is 5.32 Å². The summed E-state index contributed by atoms with van der Waals surface area (Å²) in [6.45, 7) is 5.70. The van der Waals surface area contributed by atoms with Crippen molar-refractivity contribution in [2.75, 3.05) is 13.7 Å². The number of nitrogens with one attached hydrogen (secondary N) is 1. The van der Waals surface area contributed by atoms with Gasteiger partial charge in [-0.25, -0.2) is 9.97 Å². The van der Waals surface area contributed by atoms with Crippen molar-refractivity contribution in [3.8, 4) is 0 Å². The van der Waals surface area contributed by atoms with Gasteiger partial charge in [-0.15, -0.1) is 0 Å². The summed E-state index contributed by atoms with van der Waals surface area (Å²) in [4.78, 5) is 20.7. The van der Waals surface area contributed by atoms with E-state index in [0.29, 0.717) is 32.0 Å². The lowest BCUT2D eigenvalue weighted by Gasteiger charge is -2.10. The largest absolute Gasteiger partial charge is 0.383 e. The van der Waals surface area contributed by atoms with Crippen LogP contribution in [0.3, 0.4) is 0 Å². The molecule has 114 valence electrons. The van der Waals surface area contributed by atoms with E-state index in [2.05, 4.69) is 15.3 Å². The highest BCUT2D eigenvalue weighted by atomic mass is 16.5. The molecule has 0 aromatic carbocycles. The summed E-state index contributed by atoms with van der Waals surface area (Å²) < 4.78 is 7.13. The molecule has 0 aliphatic rings. The van der Waals surface area contributed by atoms with Gasteiger partial charge < -0.3 is 14.6 Å². The van der Waals surface area contributed by atoms with Crippen LogP contribution in [0.5, 0.6) is 0 Å². The van der Waals surface area contributed by atoms with Crippen molar-refractivity contribution < 1.29 is 9.53 Å². The summed E-state index contributed by atoms with van der Waals surface area (Å²) in [5, 5.41) is 2.92. The second-order valence-electron chi connectivity index (χ2n) is 5.39. The Morgan fingerprint density at radius 2 is 2.29 bits per heavy atom. The Morgan fingerprint density at radius 3 is 3.00 bits per heavy atom. The van der Waals surface area contributed by atoms with Gasteiger partial charge in [-0.2, -0.15) is 0 Å². The summed E-state index contributed by atoms with van der Waals surface area (Å²) in [5.74, 6) is 1.19. The number of hydrogen-bond donors (Lipinski definition) is 1.